The minimum atomic E-state index is -0.198. The number of carbonyl (C=O) groups is 1. The Morgan fingerprint density at radius 1 is 1.21 bits per heavy atom. The van der Waals surface area contributed by atoms with Crippen LogP contribution in [-0.2, 0) is 22.4 Å². The Labute approximate surface area is 220 Å². The number of ether oxygens (including phenoxy) is 2. The van der Waals surface area contributed by atoms with Crippen molar-refractivity contribution >= 4 is 16.9 Å². The van der Waals surface area contributed by atoms with E-state index in [0.717, 1.165) is 58.7 Å². The maximum atomic E-state index is 12.9. The SMILES string of the molecule is COc1cc2[nH]nc(-c3cnn(C4CN(C(=O)[C@H]5COCCN5C)C4)c3)c2nc1-c1cccc2c1CCC2. The molecule has 1 aromatic carbocycles. The molecule has 0 unspecified atom stereocenters. The van der Waals surface area contributed by atoms with Gasteiger partial charge in [-0.2, -0.15) is 10.2 Å². The van der Waals surface area contributed by atoms with E-state index >= 15 is 0 Å². The Kier molecular flexibility index (Phi) is 5.66. The van der Waals surface area contributed by atoms with E-state index in [1.54, 1.807) is 7.11 Å². The number of aromatic nitrogens is 5. The lowest BCUT2D eigenvalue weighted by Crippen LogP contribution is -2.59. The fraction of sp³-hybridized carbons (Fsp3) is 0.429. The van der Waals surface area contributed by atoms with Gasteiger partial charge in [0.1, 0.15) is 28.7 Å². The summed E-state index contributed by atoms with van der Waals surface area (Å²) in [6.07, 6.45) is 7.17. The molecule has 0 spiro atoms. The van der Waals surface area contributed by atoms with Gasteiger partial charge in [-0.1, -0.05) is 18.2 Å². The number of methoxy groups -OCH3 is 1. The molecule has 1 N–H and O–H groups in total. The number of pyridine rings is 1. The topological polar surface area (TPSA) is 101 Å². The largest absolute Gasteiger partial charge is 0.494 e. The molecular formula is C28H31N7O3. The van der Waals surface area contributed by atoms with Gasteiger partial charge in [-0.15, -0.1) is 0 Å². The summed E-state index contributed by atoms with van der Waals surface area (Å²) in [6, 6.07) is 8.38. The highest BCUT2D eigenvalue weighted by molar-refractivity contribution is 5.93. The van der Waals surface area contributed by atoms with Crippen molar-refractivity contribution in [2.45, 2.75) is 31.3 Å². The van der Waals surface area contributed by atoms with Crippen LogP contribution in [-0.4, -0.2) is 93.7 Å². The molecule has 7 rings (SSSR count). The Morgan fingerprint density at radius 2 is 2.11 bits per heavy atom. The number of fused-ring (bicyclic) bond motifs is 2. The van der Waals surface area contributed by atoms with Crippen molar-refractivity contribution in [1.82, 2.24) is 34.8 Å². The number of nitrogens with one attached hydrogen (secondary N) is 1. The van der Waals surface area contributed by atoms with Gasteiger partial charge < -0.3 is 14.4 Å². The lowest BCUT2D eigenvalue weighted by molar-refractivity contribution is -0.148. The zero-order chi connectivity index (χ0) is 25.8. The molecular weight excluding hydrogens is 482 g/mol. The van der Waals surface area contributed by atoms with Gasteiger partial charge in [0.05, 0.1) is 38.1 Å². The van der Waals surface area contributed by atoms with E-state index in [1.807, 2.05) is 35.1 Å². The third kappa shape index (κ3) is 3.78. The average Bonchev–Trinajstić information content (AvgIpc) is 3.66. The zero-order valence-electron chi connectivity index (χ0n) is 21.7. The Hall–Kier alpha value is -3.76. The van der Waals surface area contributed by atoms with Crippen molar-refractivity contribution < 1.29 is 14.3 Å². The first kappa shape index (κ1) is 23.4. The number of hydrogen-bond acceptors (Lipinski definition) is 7. The summed E-state index contributed by atoms with van der Waals surface area (Å²) < 4.78 is 13.2. The molecule has 0 bridgehead atoms. The number of nitrogens with zero attached hydrogens (tertiary/aromatic N) is 6. The number of amides is 1. The maximum absolute atomic E-state index is 12.9. The summed E-state index contributed by atoms with van der Waals surface area (Å²) in [5.74, 6) is 0.865. The minimum absolute atomic E-state index is 0.132. The van der Waals surface area contributed by atoms with Crippen LogP contribution in [0.5, 0.6) is 5.75 Å². The van der Waals surface area contributed by atoms with Crippen molar-refractivity contribution in [2.75, 3.05) is 47.0 Å². The van der Waals surface area contributed by atoms with Crippen molar-refractivity contribution in [3.63, 3.8) is 0 Å². The number of morpholine rings is 1. The molecule has 1 atom stereocenters. The van der Waals surface area contributed by atoms with Gasteiger partial charge in [-0.3, -0.25) is 19.5 Å². The third-order valence-corrected chi connectivity index (χ3v) is 8.23. The number of carbonyl (C=O) groups excluding carboxylic acids is 1. The fourth-order valence-corrected chi connectivity index (χ4v) is 5.94. The first-order valence-corrected chi connectivity index (χ1v) is 13.3. The molecule has 38 heavy (non-hydrogen) atoms. The van der Waals surface area contributed by atoms with Crippen LogP contribution in [0.15, 0.2) is 36.7 Å². The Balaban J connectivity index is 1.15. The van der Waals surface area contributed by atoms with E-state index in [2.05, 4.69) is 38.4 Å². The first-order chi connectivity index (χ1) is 18.6. The highest BCUT2D eigenvalue weighted by atomic mass is 16.5. The number of hydrogen-bond donors (Lipinski definition) is 1. The summed E-state index contributed by atoms with van der Waals surface area (Å²) in [7, 11) is 3.67. The van der Waals surface area contributed by atoms with E-state index in [9.17, 15) is 4.79 Å². The second-order valence-corrected chi connectivity index (χ2v) is 10.5. The van der Waals surface area contributed by atoms with Gasteiger partial charge in [-0.25, -0.2) is 4.98 Å². The van der Waals surface area contributed by atoms with Crippen molar-refractivity contribution in [2.24, 2.45) is 0 Å². The molecule has 5 heterocycles. The molecule has 3 aliphatic rings. The molecule has 2 aliphatic heterocycles. The molecule has 10 heteroatoms. The number of benzene rings is 1. The maximum Gasteiger partial charge on any atom is 0.242 e. The molecule has 1 amide bonds. The summed E-state index contributed by atoms with van der Waals surface area (Å²) >= 11 is 0. The quantitative estimate of drug-likeness (QED) is 0.438. The van der Waals surface area contributed by atoms with Gasteiger partial charge in [0.25, 0.3) is 0 Å². The fourth-order valence-electron chi connectivity index (χ4n) is 5.94. The lowest BCUT2D eigenvalue weighted by atomic mass is 9.99. The van der Waals surface area contributed by atoms with E-state index in [0.29, 0.717) is 26.3 Å². The number of aromatic amines is 1. The van der Waals surface area contributed by atoms with Crippen LogP contribution >= 0.6 is 0 Å². The standard InChI is InChI=1S/C28H31N7O3/c1-33-9-10-38-16-23(33)28(36)34-14-19(15-34)35-13-18(12-29-35)25-27-22(31-32-25)11-24(37-2)26(30-27)21-8-4-6-17-5-3-7-20(17)21/h4,6,8,11-13,19,23H,3,5,7,9-10,14-16H2,1-2H3,(H,31,32)/t23-/m1/s1. The summed E-state index contributed by atoms with van der Waals surface area (Å²) in [5.41, 5.74) is 8.01. The molecule has 10 nitrogen and oxygen atoms in total. The monoisotopic (exact) mass is 513 g/mol. The van der Waals surface area contributed by atoms with Crippen LogP contribution in [0.3, 0.4) is 0 Å². The molecule has 2 fully saturated rings. The van der Waals surface area contributed by atoms with Crippen molar-refractivity contribution in [3.8, 4) is 28.3 Å². The molecule has 196 valence electrons. The highest BCUT2D eigenvalue weighted by Gasteiger charge is 2.38. The average molecular weight is 514 g/mol. The van der Waals surface area contributed by atoms with Crippen LogP contribution in [0.25, 0.3) is 33.5 Å². The van der Waals surface area contributed by atoms with Crippen LogP contribution < -0.4 is 4.74 Å². The number of rotatable bonds is 5. The van der Waals surface area contributed by atoms with Gasteiger partial charge in [0, 0.05) is 43.0 Å². The number of aryl methyl sites for hydroxylation is 1. The van der Waals surface area contributed by atoms with Crippen LogP contribution in [0.2, 0.25) is 0 Å². The van der Waals surface area contributed by atoms with Crippen LogP contribution in [0, 0.1) is 0 Å². The second-order valence-electron chi connectivity index (χ2n) is 10.5. The predicted octanol–water partition coefficient (Wildman–Crippen LogP) is 2.70. The number of likely N-dealkylation sites (N-methyl/N-ethyl adjacent to an activating group) is 1. The van der Waals surface area contributed by atoms with Gasteiger partial charge in [-0.05, 0) is 37.4 Å². The molecule has 0 saturated carbocycles. The van der Waals surface area contributed by atoms with Crippen LogP contribution in [0.1, 0.15) is 23.6 Å². The molecule has 2 saturated heterocycles. The molecule has 4 aromatic rings. The van der Waals surface area contributed by atoms with Gasteiger partial charge in [0.2, 0.25) is 5.91 Å². The molecule has 1 aliphatic carbocycles. The van der Waals surface area contributed by atoms with Crippen LogP contribution in [0.4, 0.5) is 0 Å². The number of likely N-dealkylation sites (tertiary alicyclic amines) is 1. The molecule has 3 aromatic heterocycles. The Bertz CT molecular complexity index is 1520. The minimum Gasteiger partial charge on any atom is -0.494 e. The summed E-state index contributed by atoms with van der Waals surface area (Å²) in [4.78, 5) is 22.0. The van der Waals surface area contributed by atoms with Crippen molar-refractivity contribution in [3.05, 3.63) is 47.8 Å². The van der Waals surface area contributed by atoms with Crippen molar-refractivity contribution in [1.29, 1.82) is 0 Å². The van der Waals surface area contributed by atoms with E-state index in [1.165, 1.54) is 17.5 Å². The van der Waals surface area contributed by atoms with E-state index in [-0.39, 0.29) is 18.0 Å². The third-order valence-electron chi connectivity index (χ3n) is 8.23. The zero-order valence-corrected chi connectivity index (χ0v) is 21.7. The van der Waals surface area contributed by atoms with E-state index < -0.39 is 0 Å². The normalized spacial score (nSPS) is 20.1. The second kappa shape index (κ2) is 9.21. The van der Waals surface area contributed by atoms with E-state index in [4.69, 9.17) is 14.5 Å². The van der Waals surface area contributed by atoms with Gasteiger partial charge in [0.15, 0.2) is 0 Å². The lowest BCUT2D eigenvalue weighted by Gasteiger charge is -2.43. The predicted molar refractivity (Wildman–Crippen MR) is 142 cm³/mol. The highest BCUT2D eigenvalue weighted by Crippen LogP contribution is 2.39. The molecule has 0 radical (unpaired) electrons. The summed E-state index contributed by atoms with van der Waals surface area (Å²) in [6.45, 7) is 3.20. The van der Waals surface area contributed by atoms with Gasteiger partial charge >= 0.3 is 0 Å². The smallest absolute Gasteiger partial charge is 0.242 e. The Morgan fingerprint density at radius 3 is 2.95 bits per heavy atom. The number of H-pyrrole nitrogens is 1. The first-order valence-electron chi connectivity index (χ1n) is 13.3. The summed E-state index contributed by atoms with van der Waals surface area (Å²) in [5, 5.41) is 12.3.